The van der Waals surface area contributed by atoms with Crippen LogP contribution in [0.15, 0.2) is 24.3 Å². The molecule has 5 rings (SSSR count). The quantitative estimate of drug-likeness (QED) is 0.597. The van der Waals surface area contributed by atoms with Crippen LogP contribution in [0.5, 0.6) is 5.75 Å². The van der Waals surface area contributed by atoms with E-state index in [1.807, 2.05) is 0 Å². The fourth-order valence-corrected chi connectivity index (χ4v) is 7.97. The molecule has 4 aliphatic carbocycles. The summed E-state index contributed by atoms with van der Waals surface area (Å²) in [5.74, 6) is 4.70. The third-order valence-electron chi connectivity index (χ3n) is 9.69. The van der Waals surface area contributed by atoms with Gasteiger partial charge in [0.1, 0.15) is 17.6 Å². The highest BCUT2D eigenvalue weighted by Crippen LogP contribution is 2.66. The van der Waals surface area contributed by atoms with Gasteiger partial charge in [-0.3, -0.25) is 4.79 Å². The second kappa shape index (κ2) is 6.61. The van der Waals surface area contributed by atoms with E-state index in [1.165, 1.54) is 44.1 Å². The second-order valence-electron chi connectivity index (χ2n) is 10.9. The molecule has 4 fully saturated rings. The summed E-state index contributed by atoms with van der Waals surface area (Å²) in [6.07, 6.45) is 11.0. The van der Waals surface area contributed by atoms with Gasteiger partial charge in [-0.25, -0.2) is 0 Å². The lowest BCUT2D eigenvalue weighted by Gasteiger charge is -2.60. The topological polar surface area (TPSA) is 26.3 Å². The van der Waals surface area contributed by atoms with Gasteiger partial charge in [-0.05, 0) is 93.1 Å². The molecule has 0 heterocycles. The number of hydrogen-bond acceptors (Lipinski definition) is 2. The van der Waals surface area contributed by atoms with Crippen molar-refractivity contribution in [2.75, 3.05) is 0 Å². The average Bonchev–Trinajstić information content (AvgIpc) is 3.00. The summed E-state index contributed by atoms with van der Waals surface area (Å²) in [5, 5.41) is 0. The Morgan fingerprint density at radius 2 is 1.64 bits per heavy atom. The minimum atomic E-state index is 0.319. The summed E-state index contributed by atoms with van der Waals surface area (Å²) in [7, 11) is 0. The Morgan fingerprint density at radius 1 is 0.893 bits per heavy atom. The van der Waals surface area contributed by atoms with Gasteiger partial charge in [0.2, 0.25) is 0 Å². The van der Waals surface area contributed by atoms with Gasteiger partial charge >= 0.3 is 0 Å². The number of benzene rings is 1. The van der Waals surface area contributed by atoms with E-state index in [1.54, 1.807) is 0 Å². The van der Waals surface area contributed by atoms with Crippen molar-refractivity contribution in [3.8, 4) is 5.75 Å². The van der Waals surface area contributed by atoms with Gasteiger partial charge in [0, 0.05) is 18.3 Å². The molecule has 0 saturated heterocycles. The fraction of sp³-hybridized carbons (Fsp3) is 0.731. The van der Waals surface area contributed by atoms with Crippen LogP contribution in [0.25, 0.3) is 0 Å². The summed E-state index contributed by atoms with van der Waals surface area (Å²) in [6, 6.07) is 8.60. The van der Waals surface area contributed by atoms with Crippen LogP contribution in [-0.2, 0) is 4.79 Å². The molecule has 1 aromatic carbocycles. The van der Waals surface area contributed by atoms with Crippen LogP contribution in [0.3, 0.4) is 0 Å². The zero-order valence-corrected chi connectivity index (χ0v) is 17.9. The highest BCUT2D eigenvalue weighted by atomic mass is 16.5. The van der Waals surface area contributed by atoms with E-state index in [4.69, 9.17) is 4.74 Å². The molecule has 2 nitrogen and oxygen atoms in total. The lowest BCUT2D eigenvalue weighted by Crippen LogP contribution is -2.54. The SMILES string of the molecule is Cc1ccc(O[C@@H]2CC[C@H]3[C@H]4CC[C@@H]5CC(=O)CC[C@]5(C)[C@H]4CC[C@]23C)cc1. The molecule has 0 radical (unpaired) electrons. The van der Waals surface area contributed by atoms with Gasteiger partial charge in [0.25, 0.3) is 0 Å². The van der Waals surface area contributed by atoms with Crippen molar-refractivity contribution in [1.82, 2.24) is 0 Å². The predicted octanol–water partition coefficient (Wildman–Crippen LogP) is 6.35. The summed E-state index contributed by atoms with van der Waals surface area (Å²) in [5.41, 5.74) is 2.02. The summed E-state index contributed by atoms with van der Waals surface area (Å²) in [6.45, 7) is 7.20. The third-order valence-corrected chi connectivity index (χ3v) is 9.69. The minimum Gasteiger partial charge on any atom is -0.490 e. The lowest BCUT2D eigenvalue weighted by molar-refractivity contribution is -0.141. The number of carbonyl (C=O) groups excluding carboxylic acids is 1. The summed E-state index contributed by atoms with van der Waals surface area (Å²) >= 11 is 0. The van der Waals surface area contributed by atoms with Crippen LogP contribution >= 0.6 is 0 Å². The van der Waals surface area contributed by atoms with E-state index in [2.05, 4.69) is 45.0 Å². The number of fused-ring (bicyclic) bond motifs is 5. The molecule has 2 heteroatoms. The zero-order chi connectivity index (χ0) is 19.5. The monoisotopic (exact) mass is 380 g/mol. The largest absolute Gasteiger partial charge is 0.490 e. The molecule has 0 unspecified atom stereocenters. The van der Waals surface area contributed by atoms with E-state index in [0.29, 0.717) is 28.6 Å². The first-order valence-corrected chi connectivity index (χ1v) is 11.7. The molecule has 0 N–H and O–H groups in total. The lowest BCUT2D eigenvalue weighted by atomic mass is 9.45. The van der Waals surface area contributed by atoms with Crippen LogP contribution in [0, 0.1) is 41.4 Å². The van der Waals surface area contributed by atoms with Gasteiger partial charge < -0.3 is 4.74 Å². The Bertz CT molecular complexity index is 752. The number of ether oxygens (including phenoxy) is 1. The smallest absolute Gasteiger partial charge is 0.133 e. The molecule has 0 spiro atoms. The Kier molecular flexibility index (Phi) is 4.41. The Morgan fingerprint density at radius 3 is 2.43 bits per heavy atom. The van der Waals surface area contributed by atoms with E-state index >= 15 is 0 Å². The Hall–Kier alpha value is -1.31. The van der Waals surface area contributed by atoms with Crippen molar-refractivity contribution >= 4 is 5.78 Å². The highest BCUT2D eigenvalue weighted by Gasteiger charge is 2.60. The van der Waals surface area contributed by atoms with E-state index in [-0.39, 0.29) is 0 Å². The first-order valence-electron chi connectivity index (χ1n) is 11.7. The molecule has 28 heavy (non-hydrogen) atoms. The summed E-state index contributed by atoms with van der Waals surface area (Å²) < 4.78 is 6.58. The maximum Gasteiger partial charge on any atom is 0.133 e. The van der Waals surface area contributed by atoms with Crippen LogP contribution < -0.4 is 4.74 Å². The maximum atomic E-state index is 12.1. The number of hydrogen-bond donors (Lipinski definition) is 0. The van der Waals surface area contributed by atoms with Crippen molar-refractivity contribution in [1.29, 1.82) is 0 Å². The molecule has 152 valence electrons. The van der Waals surface area contributed by atoms with Crippen LogP contribution in [0.1, 0.15) is 77.2 Å². The number of rotatable bonds is 2. The van der Waals surface area contributed by atoms with Crippen molar-refractivity contribution in [3.05, 3.63) is 29.8 Å². The molecule has 1 aromatic rings. The molecule has 7 atom stereocenters. The maximum absolute atomic E-state index is 12.1. The average molecular weight is 381 g/mol. The number of ketones is 1. The molecular formula is C26H36O2. The number of aryl methyl sites for hydroxylation is 1. The van der Waals surface area contributed by atoms with E-state index in [0.717, 1.165) is 42.8 Å². The normalized spacial score (nSPS) is 45.1. The van der Waals surface area contributed by atoms with Crippen molar-refractivity contribution < 1.29 is 9.53 Å². The Labute approximate surface area is 170 Å². The van der Waals surface area contributed by atoms with Gasteiger partial charge in [-0.1, -0.05) is 31.5 Å². The van der Waals surface area contributed by atoms with Crippen molar-refractivity contribution in [3.63, 3.8) is 0 Å². The molecule has 4 saturated carbocycles. The van der Waals surface area contributed by atoms with E-state index in [9.17, 15) is 4.79 Å². The van der Waals surface area contributed by atoms with Crippen LogP contribution in [0.4, 0.5) is 0 Å². The molecule has 0 amide bonds. The number of Topliss-reactive ketones (excluding diaryl/α,β-unsaturated/α-hetero) is 1. The predicted molar refractivity (Wildman–Crippen MR) is 112 cm³/mol. The van der Waals surface area contributed by atoms with Crippen molar-refractivity contribution in [2.45, 2.75) is 84.7 Å². The van der Waals surface area contributed by atoms with Gasteiger partial charge in [-0.15, -0.1) is 0 Å². The summed E-state index contributed by atoms with van der Waals surface area (Å²) in [4.78, 5) is 12.1. The minimum absolute atomic E-state index is 0.319. The molecule has 0 aromatic heterocycles. The van der Waals surface area contributed by atoms with E-state index < -0.39 is 0 Å². The van der Waals surface area contributed by atoms with Gasteiger partial charge in [-0.2, -0.15) is 0 Å². The fourth-order valence-electron chi connectivity index (χ4n) is 7.97. The molecule has 4 aliphatic rings. The van der Waals surface area contributed by atoms with Gasteiger partial charge in [0.05, 0.1) is 0 Å². The van der Waals surface area contributed by atoms with Gasteiger partial charge in [0.15, 0.2) is 0 Å². The first kappa shape index (κ1) is 18.7. The second-order valence-corrected chi connectivity index (χ2v) is 10.9. The van der Waals surface area contributed by atoms with Crippen LogP contribution in [-0.4, -0.2) is 11.9 Å². The standard InChI is InChI=1S/C26H36O2/c1-17-4-7-20(8-5-17)28-24-11-10-22-21-9-6-18-16-19(27)12-14-25(18,2)23(21)13-15-26(22,24)3/h4-5,7-8,18,21-24H,6,9-16H2,1-3H3/t18-,21-,22+,23+,24-,25+,26+/m1/s1. The zero-order valence-electron chi connectivity index (χ0n) is 17.9. The van der Waals surface area contributed by atoms with Crippen molar-refractivity contribution in [2.24, 2.45) is 34.5 Å². The molecular weight excluding hydrogens is 344 g/mol. The number of carbonyl (C=O) groups is 1. The Balaban J connectivity index is 1.36. The molecule has 0 bridgehead atoms. The molecule has 0 aliphatic heterocycles. The third kappa shape index (κ3) is 2.77. The first-order chi connectivity index (χ1) is 13.4. The highest BCUT2D eigenvalue weighted by molar-refractivity contribution is 5.79. The van der Waals surface area contributed by atoms with Crippen LogP contribution in [0.2, 0.25) is 0 Å².